The van der Waals surface area contributed by atoms with Crippen LogP contribution in [0.25, 0.3) is 45.3 Å². The van der Waals surface area contributed by atoms with Gasteiger partial charge < -0.3 is 0 Å². The quantitative estimate of drug-likeness (QED) is 0.276. The Balaban J connectivity index is 1.57. The summed E-state index contributed by atoms with van der Waals surface area (Å²) in [7, 11) is 0. The van der Waals surface area contributed by atoms with Crippen molar-refractivity contribution in [3.05, 3.63) is 113 Å². The number of hydrogen-bond donors (Lipinski definition) is 0. The van der Waals surface area contributed by atoms with E-state index in [4.69, 9.17) is 26.6 Å². The van der Waals surface area contributed by atoms with E-state index in [0.29, 0.717) is 22.5 Å². The lowest BCUT2D eigenvalue weighted by atomic mass is 9.82. The summed E-state index contributed by atoms with van der Waals surface area (Å²) in [6.07, 6.45) is 0. The third-order valence-electron chi connectivity index (χ3n) is 6.59. The largest absolute Gasteiger partial charge is 0.208 e. The molecule has 0 fully saturated rings. The molecule has 164 valence electrons. The maximum atomic E-state index is 6.92. The van der Waals surface area contributed by atoms with Gasteiger partial charge in [-0.2, -0.15) is 0 Å². The van der Waals surface area contributed by atoms with E-state index >= 15 is 0 Å². The van der Waals surface area contributed by atoms with Crippen LogP contribution in [0.5, 0.6) is 0 Å². The van der Waals surface area contributed by atoms with Crippen LogP contribution in [0.1, 0.15) is 25.0 Å². The molecule has 0 atom stereocenters. The number of benzene rings is 4. The smallest absolute Gasteiger partial charge is 0.164 e. The molecule has 1 aliphatic carbocycles. The van der Waals surface area contributed by atoms with Crippen molar-refractivity contribution in [3.8, 4) is 45.3 Å². The zero-order valence-corrected chi connectivity index (χ0v) is 19.7. The average molecular weight is 460 g/mol. The first-order valence-corrected chi connectivity index (χ1v) is 11.7. The summed E-state index contributed by atoms with van der Waals surface area (Å²) in [4.78, 5) is 14.6. The fraction of sp³-hybridized carbons (Fsp3) is 0.100. The molecule has 6 rings (SSSR count). The highest BCUT2D eigenvalue weighted by atomic mass is 35.5. The number of aromatic nitrogens is 3. The van der Waals surface area contributed by atoms with Gasteiger partial charge in [0.05, 0.1) is 0 Å². The normalized spacial score (nSPS) is 13.4. The fourth-order valence-corrected chi connectivity index (χ4v) is 5.15. The predicted molar refractivity (Wildman–Crippen MR) is 139 cm³/mol. The first-order valence-electron chi connectivity index (χ1n) is 11.3. The van der Waals surface area contributed by atoms with Gasteiger partial charge in [0.2, 0.25) is 0 Å². The number of rotatable bonds is 3. The molecule has 0 saturated carbocycles. The van der Waals surface area contributed by atoms with Crippen molar-refractivity contribution < 1.29 is 0 Å². The zero-order chi connectivity index (χ0) is 23.3. The Bertz CT molecular complexity index is 1470. The van der Waals surface area contributed by atoms with E-state index in [-0.39, 0.29) is 5.41 Å². The molecule has 0 bridgehead atoms. The molecule has 0 unspecified atom stereocenters. The molecule has 5 aromatic rings. The van der Waals surface area contributed by atoms with E-state index in [1.807, 2.05) is 66.7 Å². The van der Waals surface area contributed by atoms with Crippen LogP contribution in [-0.4, -0.2) is 15.0 Å². The highest BCUT2D eigenvalue weighted by Crippen LogP contribution is 2.52. The Morgan fingerprint density at radius 1 is 0.559 bits per heavy atom. The van der Waals surface area contributed by atoms with E-state index in [2.05, 4.69) is 44.2 Å². The molecule has 1 aromatic heterocycles. The van der Waals surface area contributed by atoms with Crippen molar-refractivity contribution in [2.75, 3.05) is 0 Å². The average Bonchev–Trinajstić information content (AvgIpc) is 3.12. The van der Waals surface area contributed by atoms with Gasteiger partial charge >= 0.3 is 0 Å². The highest BCUT2D eigenvalue weighted by molar-refractivity contribution is 6.34. The molecule has 4 heteroatoms. The maximum Gasteiger partial charge on any atom is 0.164 e. The lowest BCUT2D eigenvalue weighted by Crippen LogP contribution is -2.15. The van der Waals surface area contributed by atoms with E-state index in [9.17, 15) is 0 Å². The minimum absolute atomic E-state index is 0.164. The lowest BCUT2D eigenvalue weighted by molar-refractivity contribution is 0.660. The Kier molecular flexibility index (Phi) is 4.82. The molecular weight excluding hydrogens is 438 g/mol. The molecule has 0 N–H and O–H groups in total. The van der Waals surface area contributed by atoms with Crippen LogP contribution in [0.2, 0.25) is 5.02 Å². The Hall–Kier alpha value is -3.82. The molecule has 4 aromatic carbocycles. The molecule has 0 spiro atoms. The van der Waals surface area contributed by atoms with Crippen LogP contribution >= 0.6 is 11.6 Å². The second-order valence-corrected chi connectivity index (χ2v) is 9.50. The standard InChI is InChI=1S/C30H22ClN3/c1-30(2)23-16-10-9-15-22(23)26-24(30)17-21(18-25(26)31)29-33-27(19-11-5-3-6-12-19)32-28(34-29)20-13-7-4-8-14-20/h3-18H,1-2H3. The van der Waals surface area contributed by atoms with E-state index in [0.717, 1.165) is 22.3 Å². The molecule has 3 nitrogen and oxygen atoms in total. The number of halogens is 1. The van der Waals surface area contributed by atoms with Crippen LogP contribution in [-0.2, 0) is 5.41 Å². The van der Waals surface area contributed by atoms with Crippen LogP contribution in [0.3, 0.4) is 0 Å². The van der Waals surface area contributed by atoms with Gasteiger partial charge in [-0.3, -0.25) is 0 Å². The fourth-order valence-electron chi connectivity index (χ4n) is 4.83. The third kappa shape index (κ3) is 3.32. The molecule has 34 heavy (non-hydrogen) atoms. The Morgan fingerprint density at radius 2 is 1.06 bits per heavy atom. The minimum atomic E-state index is -0.164. The number of fused-ring (bicyclic) bond motifs is 3. The summed E-state index contributed by atoms with van der Waals surface area (Å²) in [6, 6.07) is 32.7. The minimum Gasteiger partial charge on any atom is -0.208 e. The van der Waals surface area contributed by atoms with Gasteiger partial charge in [0, 0.05) is 32.7 Å². The van der Waals surface area contributed by atoms with Gasteiger partial charge in [0.15, 0.2) is 17.5 Å². The lowest BCUT2D eigenvalue weighted by Gasteiger charge is -2.22. The van der Waals surface area contributed by atoms with E-state index in [1.54, 1.807) is 0 Å². The second kappa shape index (κ2) is 7.89. The highest BCUT2D eigenvalue weighted by Gasteiger charge is 2.37. The molecule has 0 aliphatic heterocycles. The Morgan fingerprint density at radius 3 is 1.65 bits per heavy atom. The summed E-state index contributed by atoms with van der Waals surface area (Å²) >= 11 is 6.92. The molecular formula is C30H22ClN3. The van der Waals surface area contributed by atoms with Crippen LogP contribution in [0.15, 0.2) is 97.1 Å². The van der Waals surface area contributed by atoms with Gasteiger partial charge in [-0.05, 0) is 28.8 Å². The zero-order valence-electron chi connectivity index (χ0n) is 19.0. The number of nitrogens with zero attached hydrogens (tertiary/aromatic N) is 3. The second-order valence-electron chi connectivity index (χ2n) is 9.09. The SMILES string of the molecule is CC1(C)c2ccccc2-c2c(Cl)cc(-c3nc(-c4ccccc4)nc(-c4ccccc4)n3)cc21. The van der Waals surface area contributed by atoms with Gasteiger partial charge in [-0.25, -0.2) is 15.0 Å². The van der Waals surface area contributed by atoms with Crippen LogP contribution in [0.4, 0.5) is 0 Å². The van der Waals surface area contributed by atoms with Crippen molar-refractivity contribution in [3.63, 3.8) is 0 Å². The summed E-state index contributed by atoms with van der Waals surface area (Å²) in [5.74, 6) is 1.90. The van der Waals surface area contributed by atoms with Gasteiger partial charge in [0.25, 0.3) is 0 Å². The van der Waals surface area contributed by atoms with E-state index in [1.165, 1.54) is 16.7 Å². The van der Waals surface area contributed by atoms with E-state index < -0.39 is 0 Å². The summed E-state index contributed by atoms with van der Waals surface area (Å²) < 4.78 is 0. The molecule has 1 heterocycles. The summed E-state index contributed by atoms with van der Waals surface area (Å²) in [5, 5.41) is 0.716. The van der Waals surface area contributed by atoms with Crippen molar-refractivity contribution in [2.45, 2.75) is 19.3 Å². The van der Waals surface area contributed by atoms with Crippen LogP contribution in [0, 0.1) is 0 Å². The Labute approximate surface area is 204 Å². The van der Waals surface area contributed by atoms with Crippen LogP contribution < -0.4 is 0 Å². The molecule has 0 amide bonds. The molecule has 0 radical (unpaired) electrons. The summed E-state index contributed by atoms with van der Waals surface area (Å²) in [5.41, 5.74) is 7.40. The topological polar surface area (TPSA) is 38.7 Å². The van der Waals surface area contributed by atoms with Crippen molar-refractivity contribution in [2.24, 2.45) is 0 Å². The maximum absolute atomic E-state index is 6.92. The number of hydrogen-bond acceptors (Lipinski definition) is 3. The van der Waals surface area contributed by atoms with Crippen molar-refractivity contribution in [1.82, 2.24) is 15.0 Å². The summed E-state index contributed by atoms with van der Waals surface area (Å²) in [6.45, 7) is 4.49. The van der Waals surface area contributed by atoms with Gasteiger partial charge in [-0.15, -0.1) is 0 Å². The van der Waals surface area contributed by atoms with Gasteiger partial charge in [-0.1, -0.05) is 110 Å². The molecule has 1 aliphatic rings. The van der Waals surface area contributed by atoms with Crippen molar-refractivity contribution >= 4 is 11.6 Å². The first-order chi connectivity index (χ1) is 16.5. The third-order valence-corrected chi connectivity index (χ3v) is 6.89. The van der Waals surface area contributed by atoms with Crippen molar-refractivity contribution in [1.29, 1.82) is 0 Å². The molecule has 0 saturated heterocycles. The first kappa shape index (κ1) is 20.8. The predicted octanol–water partition coefficient (Wildman–Crippen LogP) is 7.83. The van der Waals surface area contributed by atoms with Gasteiger partial charge in [0.1, 0.15) is 0 Å². The monoisotopic (exact) mass is 459 g/mol.